The van der Waals surface area contributed by atoms with Crippen molar-refractivity contribution >= 4 is 12.2 Å². The van der Waals surface area contributed by atoms with Crippen LogP contribution < -0.4 is 5.32 Å². The van der Waals surface area contributed by atoms with Crippen LogP contribution in [0.5, 0.6) is 0 Å². The van der Waals surface area contributed by atoms with Gasteiger partial charge in [0.1, 0.15) is 6.29 Å². The summed E-state index contributed by atoms with van der Waals surface area (Å²) in [6.07, 6.45) is 0.810. The summed E-state index contributed by atoms with van der Waals surface area (Å²) in [6.45, 7) is 0. The topological polar surface area (TPSA) is 46.2 Å². The van der Waals surface area contributed by atoms with Crippen molar-refractivity contribution in [2.45, 2.75) is 0 Å². The van der Waals surface area contributed by atoms with Gasteiger partial charge in [-0.15, -0.1) is 0 Å². The molecule has 90 valence electrons. The lowest BCUT2D eigenvalue weighted by Gasteiger charge is -2.05. The highest BCUT2D eigenvalue weighted by atomic mass is 16.1. The first-order valence-electron chi connectivity index (χ1n) is 5.62. The van der Waals surface area contributed by atoms with Crippen LogP contribution >= 0.6 is 0 Å². The van der Waals surface area contributed by atoms with Gasteiger partial charge in [-0.2, -0.15) is 0 Å². The monoisotopic (exact) mass is 239 g/mol. The van der Waals surface area contributed by atoms with Gasteiger partial charge in [-0.3, -0.25) is 9.59 Å². The van der Waals surface area contributed by atoms with Crippen molar-refractivity contribution in [2.24, 2.45) is 0 Å². The molecule has 2 aromatic rings. The summed E-state index contributed by atoms with van der Waals surface area (Å²) < 4.78 is 0. The molecule has 0 aliphatic rings. The van der Waals surface area contributed by atoms with Gasteiger partial charge in [0, 0.05) is 18.2 Å². The van der Waals surface area contributed by atoms with E-state index in [9.17, 15) is 9.59 Å². The van der Waals surface area contributed by atoms with Crippen LogP contribution in [0.3, 0.4) is 0 Å². The standard InChI is InChI=1S/C15H13NO2/c1-16-15(18)14-4-2-3-13(9-14)12-7-5-11(10-17)6-8-12/h2-10H,1H3,(H,16,18). The van der Waals surface area contributed by atoms with Crippen LogP contribution in [0.25, 0.3) is 11.1 Å². The summed E-state index contributed by atoms with van der Waals surface area (Å²) in [5.74, 6) is -0.110. The number of amides is 1. The summed E-state index contributed by atoms with van der Waals surface area (Å²) in [5.41, 5.74) is 3.19. The maximum absolute atomic E-state index is 11.5. The zero-order valence-electron chi connectivity index (χ0n) is 10.0. The van der Waals surface area contributed by atoms with Gasteiger partial charge in [0.2, 0.25) is 0 Å². The van der Waals surface area contributed by atoms with E-state index in [0.717, 1.165) is 17.4 Å². The summed E-state index contributed by atoms with van der Waals surface area (Å²) in [5, 5.41) is 2.59. The number of carbonyl (C=O) groups is 2. The Morgan fingerprint density at radius 3 is 2.39 bits per heavy atom. The molecule has 2 rings (SSSR count). The number of nitrogens with one attached hydrogen (secondary N) is 1. The average Bonchev–Trinajstić information content (AvgIpc) is 2.46. The molecule has 0 aliphatic heterocycles. The van der Waals surface area contributed by atoms with Crippen LogP contribution in [0.1, 0.15) is 20.7 Å². The maximum Gasteiger partial charge on any atom is 0.251 e. The molecular weight excluding hydrogens is 226 g/mol. The van der Waals surface area contributed by atoms with E-state index in [4.69, 9.17) is 0 Å². The first kappa shape index (κ1) is 12.0. The van der Waals surface area contributed by atoms with Crippen molar-refractivity contribution in [3.8, 4) is 11.1 Å². The molecule has 0 spiro atoms. The molecule has 0 unspecified atom stereocenters. The smallest absolute Gasteiger partial charge is 0.251 e. The molecule has 1 N–H and O–H groups in total. The molecule has 0 aliphatic carbocycles. The van der Waals surface area contributed by atoms with E-state index in [-0.39, 0.29) is 5.91 Å². The lowest BCUT2D eigenvalue weighted by molar-refractivity contribution is 0.0963. The Bertz CT molecular complexity index is 573. The number of benzene rings is 2. The van der Waals surface area contributed by atoms with Gasteiger partial charge in [-0.1, -0.05) is 36.4 Å². The first-order valence-corrected chi connectivity index (χ1v) is 5.62. The van der Waals surface area contributed by atoms with Crippen LogP contribution in [-0.4, -0.2) is 19.2 Å². The maximum atomic E-state index is 11.5. The molecule has 0 radical (unpaired) electrons. The zero-order valence-corrected chi connectivity index (χ0v) is 10.0. The van der Waals surface area contributed by atoms with E-state index in [1.54, 1.807) is 25.2 Å². The molecule has 0 heterocycles. The minimum absolute atomic E-state index is 0.110. The Kier molecular flexibility index (Phi) is 3.53. The van der Waals surface area contributed by atoms with Crippen LogP contribution in [0.2, 0.25) is 0 Å². The molecule has 0 fully saturated rings. The van der Waals surface area contributed by atoms with Crippen LogP contribution in [-0.2, 0) is 0 Å². The summed E-state index contributed by atoms with van der Waals surface area (Å²) >= 11 is 0. The lowest BCUT2D eigenvalue weighted by Crippen LogP contribution is -2.17. The van der Waals surface area contributed by atoms with E-state index >= 15 is 0 Å². The molecule has 3 nitrogen and oxygen atoms in total. The second kappa shape index (κ2) is 5.27. The highest BCUT2D eigenvalue weighted by Crippen LogP contribution is 2.20. The molecule has 0 saturated carbocycles. The Morgan fingerprint density at radius 2 is 1.78 bits per heavy atom. The van der Waals surface area contributed by atoms with Crippen LogP contribution in [0.4, 0.5) is 0 Å². The van der Waals surface area contributed by atoms with Gasteiger partial charge in [-0.25, -0.2) is 0 Å². The van der Waals surface area contributed by atoms with E-state index < -0.39 is 0 Å². The third kappa shape index (κ3) is 2.46. The normalized spacial score (nSPS) is 9.83. The van der Waals surface area contributed by atoms with Gasteiger partial charge >= 0.3 is 0 Å². The van der Waals surface area contributed by atoms with Crippen LogP contribution in [0.15, 0.2) is 48.5 Å². The minimum Gasteiger partial charge on any atom is -0.355 e. The van der Waals surface area contributed by atoms with E-state index in [2.05, 4.69) is 5.32 Å². The second-order valence-corrected chi connectivity index (χ2v) is 3.90. The van der Waals surface area contributed by atoms with Crippen molar-refractivity contribution in [1.29, 1.82) is 0 Å². The van der Waals surface area contributed by atoms with Gasteiger partial charge < -0.3 is 5.32 Å². The highest BCUT2D eigenvalue weighted by Gasteiger charge is 2.04. The molecule has 0 atom stereocenters. The van der Waals surface area contributed by atoms with Gasteiger partial charge in [0.05, 0.1) is 0 Å². The number of hydrogen-bond acceptors (Lipinski definition) is 2. The predicted octanol–water partition coefficient (Wildman–Crippen LogP) is 2.53. The Morgan fingerprint density at radius 1 is 1.06 bits per heavy atom. The second-order valence-electron chi connectivity index (χ2n) is 3.90. The molecule has 2 aromatic carbocycles. The van der Waals surface area contributed by atoms with Crippen molar-refractivity contribution in [3.63, 3.8) is 0 Å². The molecule has 18 heavy (non-hydrogen) atoms. The van der Waals surface area contributed by atoms with Crippen molar-refractivity contribution < 1.29 is 9.59 Å². The summed E-state index contributed by atoms with van der Waals surface area (Å²) in [4.78, 5) is 22.1. The van der Waals surface area contributed by atoms with Crippen molar-refractivity contribution in [1.82, 2.24) is 5.32 Å². The zero-order chi connectivity index (χ0) is 13.0. The largest absolute Gasteiger partial charge is 0.355 e. The van der Waals surface area contributed by atoms with Gasteiger partial charge in [0.25, 0.3) is 5.91 Å². The number of rotatable bonds is 3. The fraction of sp³-hybridized carbons (Fsp3) is 0.0667. The highest BCUT2D eigenvalue weighted by molar-refractivity contribution is 5.95. The predicted molar refractivity (Wildman–Crippen MR) is 70.7 cm³/mol. The quantitative estimate of drug-likeness (QED) is 0.836. The van der Waals surface area contributed by atoms with E-state index in [1.807, 2.05) is 30.3 Å². The third-order valence-corrected chi connectivity index (χ3v) is 2.73. The molecule has 0 saturated heterocycles. The van der Waals surface area contributed by atoms with Crippen molar-refractivity contribution in [2.75, 3.05) is 7.05 Å². The fourth-order valence-corrected chi connectivity index (χ4v) is 1.74. The van der Waals surface area contributed by atoms with Crippen LogP contribution in [0, 0.1) is 0 Å². The minimum atomic E-state index is -0.110. The third-order valence-electron chi connectivity index (χ3n) is 2.73. The van der Waals surface area contributed by atoms with E-state index in [0.29, 0.717) is 11.1 Å². The number of aldehydes is 1. The Balaban J connectivity index is 2.37. The van der Waals surface area contributed by atoms with Crippen molar-refractivity contribution in [3.05, 3.63) is 59.7 Å². The molecule has 3 heteroatoms. The number of hydrogen-bond donors (Lipinski definition) is 1. The Hall–Kier alpha value is -2.42. The molecular formula is C15H13NO2. The number of carbonyl (C=O) groups excluding carboxylic acids is 2. The lowest BCUT2D eigenvalue weighted by atomic mass is 10.0. The SMILES string of the molecule is CNC(=O)c1cccc(-c2ccc(C=O)cc2)c1. The van der Waals surface area contributed by atoms with Gasteiger partial charge in [-0.05, 0) is 23.3 Å². The molecule has 0 bridgehead atoms. The molecule has 1 amide bonds. The fourth-order valence-electron chi connectivity index (χ4n) is 1.74. The van der Waals surface area contributed by atoms with Gasteiger partial charge in [0.15, 0.2) is 0 Å². The summed E-state index contributed by atoms with van der Waals surface area (Å²) in [6, 6.07) is 14.6. The average molecular weight is 239 g/mol. The first-order chi connectivity index (χ1) is 8.74. The summed E-state index contributed by atoms with van der Waals surface area (Å²) in [7, 11) is 1.61. The Labute approximate surface area is 105 Å². The molecule has 0 aromatic heterocycles. The van der Waals surface area contributed by atoms with E-state index in [1.165, 1.54) is 0 Å².